The molecule has 37 heavy (non-hydrogen) atoms. The fourth-order valence-corrected chi connectivity index (χ4v) is 3.73. The van der Waals surface area contributed by atoms with Crippen LogP contribution in [0.15, 0.2) is 83.9 Å². The van der Waals surface area contributed by atoms with Gasteiger partial charge in [-0.1, -0.05) is 60.7 Å². The number of carboxylic acids is 1. The van der Waals surface area contributed by atoms with Crippen molar-refractivity contribution in [3.05, 3.63) is 95.6 Å². The van der Waals surface area contributed by atoms with Crippen molar-refractivity contribution in [3.63, 3.8) is 0 Å². The predicted molar refractivity (Wildman–Crippen MR) is 129 cm³/mol. The van der Waals surface area contributed by atoms with Gasteiger partial charge >= 0.3 is 18.1 Å². The van der Waals surface area contributed by atoms with Crippen LogP contribution in [0.2, 0.25) is 0 Å². The maximum absolute atomic E-state index is 13.3. The van der Waals surface area contributed by atoms with Crippen molar-refractivity contribution in [2.45, 2.75) is 11.7 Å². The first-order valence-corrected chi connectivity index (χ1v) is 10.7. The van der Waals surface area contributed by atoms with Crippen LogP contribution in [0, 0.1) is 0 Å². The van der Waals surface area contributed by atoms with Crippen LogP contribution in [-0.4, -0.2) is 54.1 Å². The molecule has 0 saturated heterocycles. The van der Waals surface area contributed by atoms with Crippen LogP contribution in [0.5, 0.6) is 0 Å². The van der Waals surface area contributed by atoms with Gasteiger partial charge in [0.05, 0.1) is 12.7 Å². The molecule has 1 heterocycles. The van der Waals surface area contributed by atoms with E-state index < -0.39 is 23.7 Å². The van der Waals surface area contributed by atoms with Crippen LogP contribution in [0.25, 0.3) is 11.1 Å². The number of ether oxygens (including phenoxy) is 1. The minimum absolute atomic E-state index is 0.168. The molecule has 1 amide bonds. The van der Waals surface area contributed by atoms with Crippen LogP contribution in [0.4, 0.5) is 13.2 Å². The molecule has 8 nitrogen and oxygen atoms in total. The zero-order chi connectivity index (χ0) is 27.4. The summed E-state index contributed by atoms with van der Waals surface area (Å²) in [6.07, 6.45) is -5.08. The Labute approximate surface area is 209 Å². The molecule has 0 aliphatic carbocycles. The SMILES string of the molecule is COC(=O)c1cccc(-c2cccc(C3(c4ccccc4)N=C(N)N(C)C3=O)c2)c1.O=C(O)C(F)(F)F. The second-order valence-corrected chi connectivity index (χ2v) is 7.87. The molecule has 1 aliphatic rings. The standard InChI is InChI=1S/C24H21N3O3.C2HF3O2/c1-27-22(29)24(26-23(27)25,19-11-4-3-5-12-19)20-13-7-9-17(15-20)16-8-6-10-18(14-16)21(28)30-2;3-2(4,5)1(6)7/h3-15H,1-2H3,(H2,25,26);(H,6,7). The molecular formula is C26H22F3N3O5. The van der Waals surface area contributed by atoms with E-state index in [1.807, 2.05) is 60.7 Å². The largest absolute Gasteiger partial charge is 0.490 e. The summed E-state index contributed by atoms with van der Waals surface area (Å²) < 4.78 is 36.6. The normalized spacial score (nSPS) is 16.9. The van der Waals surface area contributed by atoms with Gasteiger partial charge in [0.25, 0.3) is 5.91 Å². The molecule has 1 aliphatic heterocycles. The van der Waals surface area contributed by atoms with Gasteiger partial charge in [-0.25, -0.2) is 14.6 Å². The highest BCUT2D eigenvalue weighted by Gasteiger charge is 2.49. The lowest BCUT2D eigenvalue weighted by Gasteiger charge is -2.26. The second kappa shape index (κ2) is 10.5. The summed E-state index contributed by atoms with van der Waals surface area (Å²) in [5.74, 6) is -3.21. The number of amides is 1. The summed E-state index contributed by atoms with van der Waals surface area (Å²) in [5, 5.41) is 7.12. The van der Waals surface area contributed by atoms with Crippen molar-refractivity contribution < 1.29 is 37.4 Å². The molecule has 0 saturated carbocycles. The van der Waals surface area contributed by atoms with Crippen molar-refractivity contribution in [2.24, 2.45) is 10.7 Å². The molecule has 3 aromatic rings. The van der Waals surface area contributed by atoms with Gasteiger partial charge in [-0.15, -0.1) is 0 Å². The topological polar surface area (TPSA) is 122 Å². The number of carbonyl (C=O) groups excluding carboxylic acids is 2. The number of halogens is 3. The number of guanidine groups is 1. The number of carbonyl (C=O) groups is 3. The van der Waals surface area contributed by atoms with E-state index in [1.54, 1.807) is 25.2 Å². The third-order valence-corrected chi connectivity index (χ3v) is 5.57. The minimum atomic E-state index is -5.08. The summed E-state index contributed by atoms with van der Waals surface area (Å²) in [7, 11) is 2.97. The summed E-state index contributed by atoms with van der Waals surface area (Å²) in [5.41, 5.74) is 8.37. The number of carboxylic acid groups (broad SMARTS) is 1. The number of benzene rings is 3. The first-order chi connectivity index (χ1) is 17.4. The number of nitrogens with zero attached hydrogens (tertiary/aromatic N) is 2. The highest BCUT2D eigenvalue weighted by molar-refractivity contribution is 6.09. The zero-order valence-corrected chi connectivity index (χ0v) is 19.7. The van der Waals surface area contributed by atoms with E-state index in [0.29, 0.717) is 11.1 Å². The Balaban J connectivity index is 0.000000479. The lowest BCUT2D eigenvalue weighted by atomic mass is 9.81. The Morgan fingerprint density at radius 3 is 2.00 bits per heavy atom. The van der Waals surface area contributed by atoms with E-state index in [2.05, 4.69) is 4.99 Å². The Bertz CT molecular complexity index is 1360. The van der Waals surface area contributed by atoms with Crippen molar-refractivity contribution in [1.82, 2.24) is 4.90 Å². The van der Waals surface area contributed by atoms with Gasteiger partial charge in [0.1, 0.15) is 0 Å². The van der Waals surface area contributed by atoms with Crippen molar-refractivity contribution >= 4 is 23.8 Å². The molecule has 0 spiro atoms. The highest BCUT2D eigenvalue weighted by Crippen LogP contribution is 2.40. The van der Waals surface area contributed by atoms with Gasteiger partial charge < -0.3 is 15.6 Å². The van der Waals surface area contributed by atoms with Gasteiger partial charge in [-0.3, -0.25) is 9.69 Å². The van der Waals surface area contributed by atoms with E-state index in [9.17, 15) is 22.8 Å². The predicted octanol–water partition coefficient (Wildman–Crippen LogP) is 3.80. The number of hydrogen-bond donors (Lipinski definition) is 2. The Morgan fingerprint density at radius 2 is 1.49 bits per heavy atom. The number of aliphatic imine (C=N–C) groups is 1. The molecule has 4 rings (SSSR count). The number of likely N-dealkylation sites (N-methyl/N-ethyl adjacent to an activating group) is 1. The number of nitrogens with two attached hydrogens (primary N) is 1. The van der Waals surface area contributed by atoms with Crippen molar-refractivity contribution in [1.29, 1.82) is 0 Å². The molecule has 1 unspecified atom stereocenters. The van der Waals surface area contributed by atoms with Crippen LogP contribution in [0.1, 0.15) is 21.5 Å². The third kappa shape index (κ3) is 5.45. The van der Waals surface area contributed by atoms with Crippen LogP contribution < -0.4 is 5.73 Å². The van der Waals surface area contributed by atoms with E-state index in [4.69, 9.17) is 20.4 Å². The van der Waals surface area contributed by atoms with Crippen LogP contribution >= 0.6 is 0 Å². The van der Waals surface area contributed by atoms with Crippen LogP contribution in [0.3, 0.4) is 0 Å². The molecule has 3 aromatic carbocycles. The van der Waals surface area contributed by atoms with Crippen molar-refractivity contribution in [2.75, 3.05) is 14.2 Å². The highest BCUT2D eigenvalue weighted by atomic mass is 19.4. The van der Waals surface area contributed by atoms with E-state index in [0.717, 1.165) is 16.7 Å². The maximum Gasteiger partial charge on any atom is 0.490 e. The second-order valence-electron chi connectivity index (χ2n) is 7.87. The summed E-state index contributed by atoms with van der Waals surface area (Å²) in [6.45, 7) is 0. The summed E-state index contributed by atoms with van der Waals surface area (Å²) in [6, 6.07) is 24.1. The fourth-order valence-electron chi connectivity index (χ4n) is 3.73. The lowest BCUT2D eigenvalue weighted by molar-refractivity contribution is -0.192. The number of aliphatic carboxylic acids is 1. The molecule has 3 N–H and O–H groups in total. The quantitative estimate of drug-likeness (QED) is 0.512. The molecule has 0 radical (unpaired) electrons. The van der Waals surface area contributed by atoms with E-state index >= 15 is 0 Å². The Kier molecular flexibility index (Phi) is 7.66. The first kappa shape index (κ1) is 26.9. The van der Waals surface area contributed by atoms with Gasteiger partial charge in [0.15, 0.2) is 11.5 Å². The average Bonchev–Trinajstić information content (AvgIpc) is 3.13. The van der Waals surface area contributed by atoms with E-state index in [1.165, 1.54) is 12.0 Å². The van der Waals surface area contributed by atoms with Crippen LogP contribution in [-0.2, 0) is 19.9 Å². The van der Waals surface area contributed by atoms with Gasteiger partial charge in [-0.05, 0) is 40.5 Å². The summed E-state index contributed by atoms with van der Waals surface area (Å²) >= 11 is 0. The molecule has 192 valence electrons. The molecule has 0 bridgehead atoms. The monoisotopic (exact) mass is 513 g/mol. The maximum atomic E-state index is 13.3. The lowest BCUT2D eigenvalue weighted by Crippen LogP contribution is -2.41. The average molecular weight is 513 g/mol. The zero-order valence-electron chi connectivity index (χ0n) is 19.7. The number of alkyl halides is 3. The number of hydrogen-bond acceptors (Lipinski definition) is 6. The smallest absolute Gasteiger partial charge is 0.475 e. The van der Waals surface area contributed by atoms with Crippen molar-refractivity contribution in [3.8, 4) is 11.1 Å². The van der Waals surface area contributed by atoms with E-state index in [-0.39, 0.29) is 11.9 Å². The number of methoxy groups -OCH3 is 1. The third-order valence-electron chi connectivity index (χ3n) is 5.57. The molecule has 11 heteroatoms. The first-order valence-electron chi connectivity index (χ1n) is 10.7. The molecule has 0 fully saturated rings. The molecule has 0 aromatic heterocycles. The Morgan fingerprint density at radius 1 is 0.946 bits per heavy atom. The van der Waals surface area contributed by atoms with Gasteiger partial charge in [0.2, 0.25) is 0 Å². The summed E-state index contributed by atoms with van der Waals surface area (Å²) in [4.78, 5) is 40.1. The van der Waals surface area contributed by atoms with Gasteiger partial charge in [-0.2, -0.15) is 13.2 Å². The molecular weight excluding hydrogens is 491 g/mol. The minimum Gasteiger partial charge on any atom is -0.475 e. The number of esters is 1. The molecule has 1 atom stereocenters. The number of rotatable bonds is 4. The van der Waals surface area contributed by atoms with Gasteiger partial charge in [0, 0.05) is 7.05 Å². The fraction of sp³-hybridized carbons (Fsp3) is 0.154. The Hall–Kier alpha value is -4.67.